The number of hydrogen-bond acceptors (Lipinski definition) is 4. The van der Waals surface area contributed by atoms with Crippen LogP contribution in [0.1, 0.15) is 6.42 Å². The van der Waals surface area contributed by atoms with Gasteiger partial charge in [-0.3, -0.25) is 0 Å². The Morgan fingerprint density at radius 1 is 1.38 bits per heavy atom. The molecule has 0 aromatic carbocycles. The zero-order chi connectivity index (χ0) is 9.47. The average molecular weight is 227 g/mol. The van der Waals surface area contributed by atoms with Crippen molar-refractivity contribution in [3.05, 3.63) is 0 Å². The largest absolute Gasteiger partial charge is 0.378 e. The Hall–Kier alpha value is 0.160. The van der Waals surface area contributed by atoms with Crippen LogP contribution in [0, 0.1) is 5.92 Å². The van der Waals surface area contributed by atoms with Gasteiger partial charge in [-0.25, -0.2) is 8.42 Å². The van der Waals surface area contributed by atoms with Crippen molar-refractivity contribution in [2.45, 2.75) is 18.6 Å². The van der Waals surface area contributed by atoms with Crippen molar-refractivity contribution in [2.24, 2.45) is 5.92 Å². The number of hydrogen-bond donors (Lipinski definition) is 0. The van der Waals surface area contributed by atoms with Crippen LogP contribution in [-0.4, -0.2) is 39.6 Å². The summed E-state index contributed by atoms with van der Waals surface area (Å²) in [7, 11) is 1.70. The van der Waals surface area contributed by atoms with Crippen molar-refractivity contribution < 1.29 is 17.9 Å². The van der Waals surface area contributed by atoms with Crippen LogP contribution in [0.5, 0.6) is 0 Å². The molecular weight excluding hydrogens is 216 g/mol. The SMILES string of the molecule is O=S(=O)(Cl)CC1C[C@H]2COC[C@H]2O1. The highest BCUT2D eigenvalue weighted by Crippen LogP contribution is 2.32. The molecule has 0 saturated carbocycles. The summed E-state index contributed by atoms with van der Waals surface area (Å²) >= 11 is 0. The van der Waals surface area contributed by atoms with E-state index in [-0.39, 0.29) is 18.0 Å². The Kier molecular flexibility index (Phi) is 2.53. The summed E-state index contributed by atoms with van der Waals surface area (Å²) in [5, 5.41) is 0. The molecule has 0 aromatic heterocycles. The molecule has 13 heavy (non-hydrogen) atoms. The Balaban J connectivity index is 1.92. The van der Waals surface area contributed by atoms with Crippen LogP contribution < -0.4 is 0 Å². The van der Waals surface area contributed by atoms with Gasteiger partial charge < -0.3 is 9.47 Å². The molecule has 2 heterocycles. The Bertz CT molecular complexity index is 277. The first-order valence-corrected chi connectivity index (χ1v) is 6.68. The highest BCUT2D eigenvalue weighted by molar-refractivity contribution is 8.13. The summed E-state index contributed by atoms with van der Waals surface area (Å²) in [6, 6.07) is 0. The fourth-order valence-corrected chi connectivity index (χ4v) is 3.00. The molecule has 0 aromatic rings. The molecule has 0 aliphatic carbocycles. The zero-order valence-electron chi connectivity index (χ0n) is 6.98. The third-order valence-corrected chi connectivity index (χ3v) is 3.61. The molecular formula is C7H11ClO4S. The molecule has 2 rings (SSSR count). The summed E-state index contributed by atoms with van der Waals surface area (Å²) in [4.78, 5) is 0. The van der Waals surface area contributed by atoms with Gasteiger partial charge in [-0.05, 0) is 6.42 Å². The Labute approximate surface area is 81.6 Å². The number of ether oxygens (including phenoxy) is 2. The molecule has 0 amide bonds. The molecule has 0 radical (unpaired) electrons. The molecule has 0 spiro atoms. The van der Waals surface area contributed by atoms with Gasteiger partial charge in [0.2, 0.25) is 9.05 Å². The van der Waals surface area contributed by atoms with Crippen molar-refractivity contribution in [1.82, 2.24) is 0 Å². The van der Waals surface area contributed by atoms with E-state index < -0.39 is 9.05 Å². The van der Waals surface area contributed by atoms with Crippen LogP contribution in [0.15, 0.2) is 0 Å². The van der Waals surface area contributed by atoms with Crippen molar-refractivity contribution in [2.75, 3.05) is 19.0 Å². The van der Waals surface area contributed by atoms with Crippen molar-refractivity contribution >= 4 is 19.7 Å². The monoisotopic (exact) mass is 226 g/mol. The lowest BCUT2D eigenvalue weighted by molar-refractivity contribution is 0.0301. The maximum atomic E-state index is 10.8. The van der Waals surface area contributed by atoms with Crippen LogP contribution in [-0.2, 0) is 18.5 Å². The zero-order valence-corrected chi connectivity index (χ0v) is 8.55. The van der Waals surface area contributed by atoms with E-state index in [1.165, 1.54) is 0 Å². The predicted molar refractivity (Wildman–Crippen MR) is 47.2 cm³/mol. The lowest BCUT2D eigenvalue weighted by Gasteiger charge is -2.09. The van der Waals surface area contributed by atoms with Gasteiger partial charge in [-0.2, -0.15) is 0 Å². The smallest absolute Gasteiger partial charge is 0.235 e. The van der Waals surface area contributed by atoms with E-state index in [2.05, 4.69) is 0 Å². The number of fused-ring (bicyclic) bond motifs is 1. The van der Waals surface area contributed by atoms with E-state index in [0.717, 1.165) is 6.42 Å². The first-order valence-electron chi connectivity index (χ1n) is 4.20. The van der Waals surface area contributed by atoms with E-state index in [0.29, 0.717) is 19.1 Å². The van der Waals surface area contributed by atoms with Crippen molar-refractivity contribution in [3.63, 3.8) is 0 Å². The van der Waals surface area contributed by atoms with Crippen LogP contribution >= 0.6 is 10.7 Å². The highest BCUT2D eigenvalue weighted by atomic mass is 35.7. The lowest BCUT2D eigenvalue weighted by Crippen LogP contribution is -2.20. The minimum atomic E-state index is -3.43. The quantitative estimate of drug-likeness (QED) is 0.638. The van der Waals surface area contributed by atoms with Gasteiger partial charge in [-0.1, -0.05) is 0 Å². The Morgan fingerprint density at radius 3 is 2.77 bits per heavy atom. The number of halogens is 1. The molecule has 0 N–H and O–H groups in total. The molecule has 76 valence electrons. The van der Waals surface area contributed by atoms with Gasteiger partial charge in [0.25, 0.3) is 0 Å². The van der Waals surface area contributed by atoms with Crippen LogP contribution in [0.2, 0.25) is 0 Å². The summed E-state index contributed by atoms with van der Waals surface area (Å²) in [5.74, 6) is 0.282. The van der Waals surface area contributed by atoms with Gasteiger partial charge in [0.15, 0.2) is 0 Å². The highest BCUT2D eigenvalue weighted by Gasteiger charge is 2.40. The minimum absolute atomic E-state index is 0.0818. The molecule has 2 fully saturated rings. The molecule has 2 aliphatic rings. The summed E-state index contributed by atoms with van der Waals surface area (Å²) in [6.45, 7) is 1.27. The molecule has 2 aliphatic heterocycles. The van der Waals surface area contributed by atoms with Crippen LogP contribution in [0.4, 0.5) is 0 Å². The normalized spacial score (nSPS) is 39.3. The standard InChI is InChI=1S/C7H11ClO4S/c8-13(9,10)4-6-1-5-2-11-3-7(5)12-6/h5-7H,1-4H2/t5-,6?,7+/m0/s1. The second-order valence-corrected chi connectivity index (χ2v) is 6.36. The minimum Gasteiger partial charge on any atom is -0.378 e. The second-order valence-electron chi connectivity index (χ2n) is 3.54. The molecule has 0 bridgehead atoms. The van der Waals surface area contributed by atoms with E-state index in [1.54, 1.807) is 0 Å². The van der Waals surface area contributed by atoms with E-state index >= 15 is 0 Å². The maximum Gasteiger partial charge on any atom is 0.235 e. The maximum absolute atomic E-state index is 10.8. The fraction of sp³-hybridized carbons (Fsp3) is 1.00. The first-order chi connectivity index (χ1) is 6.04. The summed E-state index contributed by atoms with van der Waals surface area (Å²) in [6.07, 6.45) is 0.598. The van der Waals surface area contributed by atoms with Crippen molar-refractivity contribution in [3.8, 4) is 0 Å². The lowest BCUT2D eigenvalue weighted by atomic mass is 10.0. The molecule has 3 atom stereocenters. The average Bonchev–Trinajstić information content (AvgIpc) is 2.40. The summed E-state index contributed by atoms with van der Waals surface area (Å²) < 4.78 is 32.2. The second kappa shape index (κ2) is 3.38. The van der Waals surface area contributed by atoms with Gasteiger partial charge in [0.1, 0.15) is 0 Å². The predicted octanol–water partition coefficient (Wildman–Crippen LogP) is 0.359. The van der Waals surface area contributed by atoms with Gasteiger partial charge in [0.05, 0.1) is 31.2 Å². The topological polar surface area (TPSA) is 52.6 Å². The van der Waals surface area contributed by atoms with Gasteiger partial charge in [0, 0.05) is 16.6 Å². The van der Waals surface area contributed by atoms with Crippen LogP contribution in [0.3, 0.4) is 0 Å². The first kappa shape index (κ1) is 9.71. The van der Waals surface area contributed by atoms with Crippen LogP contribution in [0.25, 0.3) is 0 Å². The Morgan fingerprint density at radius 2 is 2.15 bits per heavy atom. The fourth-order valence-electron chi connectivity index (χ4n) is 1.92. The summed E-state index contributed by atoms with van der Waals surface area (Å²) in [5.41, 5.74) is 0. The van der Waals surface area contributed by atoms with Crippen molar-refractivity contribution in [1.29, 1.82) is 0 Å². The van der Waals surface area contributed by atoms with Gasteiger partial charge >= 0.3 is 0 Å². The van der Waals surface area contributed by atoms with E-state index in [4.69, 9.17) is 20.2 Å². The molecule has 2 saturated heterocycles. The third kappa shape index (κ3) is 2.34. The molecule has 1 unspecified atom stereocenters. The van der Waals surface area contributed by atoms with Gasteiger partial charge in [-0.15, -0.1) is 0 Å². The molecule has 6 heteroatoms. The number of rotatable bonds is 2. The molecule has 4 nitrogen and oxygen atoms in total. The van der Waals surface area contributed by atoms with E-state index in [9.17, 15) is 8.42 Å². The van der Waals surface area contributed by atoms with E-state index in [1.807, 2.05) is 0 Å². The third-order valence-electron chi connectivity index (χ3n) is 2.46.